The van der Waals surface area contributed by atoms with Gasteiger partial charge in [-0.2, -0.15) is 0 Å². The van der Waals surface area contributed by atoms with Crippen molar-refractivity contribution in [3.63, 3.8) is 0 Å². The standard InChI is InChI=1S/C13H18O4S/c1-10(13(14)15)9-12-5-3-11(4-6-12)7-8-18(2,16)17/h3-6,10H,7-9H2,1-2H3,(H,14,15). The monoisotopic (exact) mass is 270 g/mol. The number of hydrogen-bond acceptors (Lipinski definition) is 3. The van der Waals surface area contributed by atoms with Crippen LogP contribution in [0.5, 0.6) is 0 Å². The van der Waals surface area contributed by atoms with Gasteiger partial charge >= 0.3 is 5.97 Å². The molecule has 1 atom stereocenters. The Balaban J connectivity index is 2.60. The van der Waals surface area contributed by atoms with Gasteiger partial charge in [0.1, 0.15) is 9.84 Å². The summed E-state index contributed by atoms with van der Waals surface area (Å²) in [6.07, 6.45) is 2.20. The van der Waals surface area contributed by atoms with Gasteiger partial charge < -0.3 is 5.11 Å². The molecule has 0 saturated carbocycles. The minimum absolute atomic E-state index is 0.137. The molecule has 1 rings (SSSR count). The van der Waals surface area contributed by atoms with Crippen molar-refractivity contribution in [1.29, 1.82) is 0 Å². The first-order valence-corrected chi connectivity index (χ1v) is 7.82. The van der Waals surface area contributed by atoms with E-state index in [0.717, 1.165) is 11.1 Å². The molecule has 1 N–H and O–H groups in total. The molecule has 0 fully saturated rings. The lowest BCUT2D eigenvalue weighted by Crippen LogP contribution is -2.12. The first-order chi connectivity index (χ1) is 8.28. The fraction of sp³-hybridized carbons (Fsp3) is 0.462. The third-order valence-corrected chi connectivity index (χ3v) is 3.69. The van der Waals surface area contributed by atoms with E-state index in [2.05, 4.69) is 0 Å². The summed E-state index contributed by atoms with van der Waals surface area (Å²) in [5, 5.41) is 8.80. The van der Waals surface area contributed by atoms with Crippen LogP contribution in [0.3, 0.4) is 0 Å². The summed E-state index contributed by atoms with van der Waals surface area (Å²) in [6, 6.07) is 7.43. The summed E-state index contributed by atoms with van der Waals surface area (Å²) < 4.78 is 22.1. The smallest absolute Gasteiger partial charge is 0.306 e. The van der Waals surface area contributed by atoms with Crippen molar-refractivity contribution in [3.05, 3.63) is 35.4 Å². The molecule has 0 aliphatic carbocycles. The fourth-order valence-corrected chi connectivity index (χ4v) is 2.19. The molecule has 18 heavy (non-hydrogen) atoms. The number of aryl methyl sites for hydroxylation is 1. The average molecular weight is 270 g/mol. The quantitative estimate of drug-likeness (QED) is 0.851. The van der Waals surface area contributed by atoms with Gasteiger partial charge in [0.05, 0.1) is 11.7 Å². The largest absolute Gasteiger partial charge is 0.481 e. The highest BCUT2D eigenvalue weighted by Gasteiger charge is 2.11. The highest BCUT2D eigenvalue weighted by atomic mass is 32.2. The van der Waals surface area contributed by atoms with Gasteiger partial charge in [0, 0.05) is 6.26 Å². The van der Waals surface area contributed by atoms with Crippen LogP contribution in [0.4, 0.5) is 0 Å². The zero-order chi connectivity index (χ0) is 13.8. The fourth-order valence-electron chi connectivity index (χ4n) is 1.59. The molecule has 0 aliphatic rings. The molecule has 0 amide bonds. The molecule has 0 aromatic heterocycles. The Morgan fingerprint density at radius 3 is 2.17 bits per heavy atom. The van der Waals surface area contributed by atoms with Crippen LogP contribution in [0.1, 0.15) is 18.1 Å². The van der Waals surface area contributed by atoms with Crippen molar-refractivity contribution < 1.29 is 18.3 Å². The van der Waals surface area contributed by atoms with Crippen LogP contribution >= 0.6 is 0 Å². The lowest BCUT2D eigenvalue weighted by molar-refractivity contribution is -0.141. The molecule has 0 bridgehead atoms. The van der Waals surface area contributed by atoms with E-state index in [4.69, 9.17) is 5.11 Å². The van der Waals surface area contributed by atoms with Crippen molar-refractivity contribution >= 4 is 15.8 Å². The van der Waals surface area contributed by atoms with Gasteiger partial charge in [0.2, 0.25) is 0 Å². The SMILES string of the molecule is CC(Cc1ccc(CCS(C)(=O)=O)cc1)C(=O)O. The molecular formula is C13H18O4S. The van der Waals surface area contributed by atoms with Gasteiger partial charge in [-0.05, 0) is 24.0 Å². The average Bonchev–Trinajstić information content (AvgIpc) is 2.27. The van der Waals surface area contributed by atoms with Crippen LogP contribution in [-0.4, -0.2) is 31.5 Å². The lowest BCUT2D eigenvalue weighted by atomic mass is 10.00. The predicted octanol–water partition coefficient (Wildman–Crippen LogP) is 1.54. The van der Waals surface area contributed by atoms with E-state index in [9.17, 15) is 13.2 Å². The van der Waals surface area contributed by atoms with E-state index in [1.807, 2.05) is 24.3 Å². The van der Waals surface area contributed by atoms with Crippen LogP contribution in [0.25, 0.3) is 0 Å². The van der Waals surface area contributed by atoms with Crippen LogP contribution in [0.15, 0.2) is 24.3 Å². The molecule has 1 aromatic rings. The van der Waals surface area contributed by atoms with Gasteiger partial charge in [-0.1, -0.05) is 31.2 Å². The third kappa shape index (κ3) is 5.31. The van der Waals surface area contributed by atoms with E-state index in [0.29, 0.717) is 12.8 Å². The molecule has 0 radical (unpaired) electrons. The first kappa shape index (κ1) is 14.7. The van der Waals surface area contributed by atoms with Gasteiger partial charge in [-0.3, -0.25) is 4.79 Å². The Hall–Kier alpha value is -1.36. The highest BCUT2D eigenvalue weighted by Crippen LogP contribution is 2.11. The topological polar surface area (TPSA) is 71.4 Å². The van der Waals surface area contributed by atoms with Crippen LogP contribution in [0, 0.1) is 5.92 Å². The molecule has 1 aromatic carbocycles. The van der Waals surface area contributed by atoms with E-state index in [1.165, 1.54) is 6.26 Å². The number of hydrogen-bond donors (Lipinski definition) is 1. The molecular weight excluding hydrogens is 252 g/mol. The second-order valence-electron chi connectivity index (χ2n) is 4.64. The Labute approximate surface area is 108 Å². The molecule has 1 unspecified atom stereocenters. The summed E-state index contributed by atoms with van der Waals surface area (Å²) in [4.78, 5) is 10.7. The van der Waals surface area contributed by atoms with Crippen molar-refractivity contribution in [1.82, 2.24) is 0 Å². The molecule has 4 nitrogen and oxygen atoms in total. The summed E-state index contributed by atoms with van der Waals surface area (Å²) in [5.41, 5.74) is 1.90. The summed E-state index contributed by atoms with van der Waals surface area (Å²) in [5.74, 6) is -1.08. The summed E-state index contributed by atoms with van der Waals surface area (Å²) in [6.45, 7) is 1.67. The first-order valence-electron chi connectivity index (χ1n) is 5.76. The highest BCUT2D eigenvalue weighted by molar-refractivity contribution is 7.90. The molecule has 0 saturated heterocycles. The Morgan fingerprint density at radius 1 is 1.22 bits per heavy atom. The van der Waals surface area contributed by atoms with Gasteiger partial charge in [-0.25, -0.2) is 8.42 Å². The van der Waals surface area contributed by atoms with E-state index >= 15 is 0 Å². The van der Waals surface area contributed by atoms with E-state index < -0.39 is 21.7 Å². The van der Waals surface area contributed by atoms with Crippen molar-refractivity contribution in [2.45, 2.75) is 19.8 Å². The molecule has 100 valence electrons. The maximum atomic E-state index is 11.0. The van der Waals surface area contributed by atoms with Gasteiger partial charge in [0.15, 0.2) is 0 Å². The van der Waals surface area contributed by atoms with Crippen molar-refractivity contribution in [2.24, 2.45) is 5.92 Å². The van der Waals surface area contributed by atoms with E-state index in [-0.39, 0.29) is 5.75 Å². The number of sulfone groups is 1. The summed E-state index contributed by atoms with van der Waals surface area (Å²) in [7, 11) is -2.94. The van der Waals surface area contributed by atoms with Crippen LogP contribution in [-0.2, 0) is 27.5 Å². The maximum absolute atomic E-state index is 11.0. The number of aliphatic carboxylic acids is 1. The minimum Gasteiger partial charge on any atom is -0.481 e. The maximum Gasteiger partial charge on any atom is 0.306 e. The van der Waals surface area contributed by atoms with Gasteiger partial charge in [0.25, 0.3) is 0 Å². The predicted molar refractivity (Wildman–Crippen MR) is 70.4 cm³/mol. The van der Waals surface area contributed by atoms with Crippen LogP contribution < -0.4 is 0 Å². The van der Waals surface area contributed by atoms with E-state index in [1.54, 1.807) is 6.92 Å². The normalized spacial score (nSPS) is 13.2. The Kier molecular flexibility index (Phi) is 4.90. The number of rotatable bonds is 6. The Morgan fingerprint density at radius 2 is 1.72 bits per heavy atom. The Bertz CT molecular complexity index is 502. The number of carboxylic acid groups (broad SMARTS) is 1. The minimum atomic E-state index is -2.94. The second kappa shape index (κ2) is 6.00. The van der Waals surface area contributed by atoms with Gasteiger partial charge in [-0.15, -0.1) is 0 Å². The molecule has 0 aliphatic heterocycles. The molecule has 5 heteroatoms. The lowest BCUT2D eigenvalue weighted by Gasteiger charge is -2.07. The van der Waals surface area contributed by atoms with Crippen LogP contribution in [0.2, 0.25) is 0 Å². The molecule has 0 spiro atoms. The summed E-state index contributed by atoms with van der Waals surface area (Å²) >= 11 is 0. The number of carboxylic acids is 1. The zero-order valence-electron chi connectivity index (χ0n) is 10.6. The second-order valence-corrected chi connectivity index (χ2v) is 6.90. The number of benzene rings is 1. The van der Waals surface area contributed by atoms with Crippen molar-refractivity contribution in [2.75, 3.05) is 12.0 Å². The van der Waals surface area contributed by atoms with Crippen molar-refractivity contribution in [3.8, 4) is 0 Å². The molecule has 0 heterocycles. The third-order valence-electron chi connectivity index (χ3n) is 2.75. The zero-order valence-corrected chi connectivity index (χ0v) is 11.4. The number of carbonyl (C=O) groups is 1.